The van der Waals surface area contributed by atoms with Crippen LogP contribution < -0.4 is 14.9 Å². The summed E-state index contributed by atoms with van der Waals surface area (Å²) >= 11 is 0. The van der Waals surface area contributed by atoms with E-state index in [0.29, 0.717) is 55.4 Å². The van der Waals surface area contributed by atoms with Crippen LogP contribution in [0.4, 0.5) is 0 Å². The van der Waals surface area contributed by atoms with Crippen LogP contribution in [0, 0.1) is 0 Å². The van der Waals surface area contributed by atoms with E-state index < -0.39 is 0 Å². The molecule has 2 aliphatic heterocycles. The molecule has 3 amide bonds. The van der Waals surface area contributed by atoms with Crippen LogP contribution in [-0.2, 0) is 9.59 Å². The lowest BCUT2D eigenvalue weighted by Gasteiger charge is -2.35. The largest absolute Gasteiger partial charge is 0.497 e. The number of nitrogens with zero attached hydrogens (tertiary/aromatic N) is 3. The normalized spacial score (nSPS) is 17.1. The molecule has 1 aromatic carbocycles. The Kier molecular flexibility index (Phi) is 5.58. The van der Waals surface area contributed by atoms with E-state index in [1.807, 2.05) is 0 Å². The summed E-state index contributed by atoms with van der Waals surface area (Å²) in [5, 5.41) is 3.84. The minimum atomic E-state index is -0.191. The first-order chi connectivity index (χ1) is 13.0. The predicted octanol–water partition coefficient (Wildman–Crippen LogP) is 0.254. The van der Waals surface area contributed by atoms with Gasteiger partial charge >= 0.3 is 0 Å². The highest BCUT2D eigenvalue weighted by atomic mass is 16.5. The highest BCUT2D eigenvalue weighted by Gasteiger charge is 2.29. The van der Waals surface area contributed by atoms with Crippen LogP contribution in [0.15, 0.2) is 23.3 Å². The van der Waals surface area contributed by atoms with E-state index in [-0.39, 0.29) is 24.1 Å². The summed E-state index contributed by atoms with van der Waals surface area (Å²) in [6, 6.07) is 5.06. The molecular formula is C18H22N4O5. The van der Waals surface area contributed by atoms with E-state index in [1.54, 1.807) is 35.1 Å². The lowest BCUT2D eigenvalue weighted by Crippen LogP contribution is -2.52. The highest BCUT2D eigenvalue weighted by molar-refractivity contribution is 6.39. The zero-order chi connectivity index (χ0) is 19.4. The Bertz CT molecular complexity index is 784. The Morgan fingerprint density at radius 2 is 1.67 bits per heavy atom. The summed E-state index contributed by atoms with van der Waals surface area (Å²) in [4.78, 5) is 39.8. The molecule has 2 heterocycles. The monoisotopic (exact) mass is 374 g/mol. The van der Waals surface area contributed by atoms with Crippen molar-refractivity contribution in [1.29, 1.82) is 0 Å². The summed E-state index contributed by atoms with van der Waals surface area (Å²) in [5.74, 6) is 0.535. The number of nitrogens with one attached hydrogen (secondary N) is 1. The van der Waals surface area contributed by atoms with Crippen LogP contribution in [0.25, 0.3) is 0 Å². The molecule has 0 unspecified atom stereocenters. The van der Waals surface area contributed by atoms with Gasteiger partial charge in [-0.15, -0.1) is 0 Å². The molecule has 0 aliphatic carbocycles. The summed E-state index contributed by atoms with van der Waals surface area (Å²) < 4.78 is 10.5. The number of benzene rings is 1. The van der Waals surface area contributed by atoms with Gasteiger partial charge < -0.3 is 19.3 Å². The second-order valence-electron chi connectivity index (χ2n) is 6.24. The van der Waals surface area contributed by atoms with Crippen LogP contribution in [0.1, 0.15) is 23.2 Å². The molecule has 1 aromatic rings. The number of carbonyl (C=O) groups is 3. The lowest BCUT2D eigenvalue weighted by molar-refractivity contribution is -0.126. The molecule has 9 heteroatoms. The zero-order valence-corrected chi connectivity index (χ0v) is 15.4. The molecule has 0 radical (unpaired) electrons. The van der Waals surface area contributed by atoms with Crippen molar-refractivity contribution in [2.45, 2.75) is 12.8 Å². The molecule has 0 bridgehead atoms. The number of ether oxygens (including phenoxy) is 2. The topological polar surface area (TPSA) is 101 Å². The van der Waals surface area contributed by atoms with Crippen molar-refractivity contribution in [3.63, 3.8) is 0 Å². The van der Waals surface area contributed by atoms with Gasteiger partial charge in [0.15, 0.2) is 0 Å². The fourth-order valence-electron chi connectivity index (χ4n) is 3.07. The Labute approximate surface area is 156 Å². The van der Waals surface area contributed by atoms with Gasteiger partial charge in [0, 0.05) is 45.1 Å². The third-order valence-electron chi connectivity index (χ3n) is 4.64. The first-order valence-corrected chi connectivity index (χ1v) is 8.69. The molecule has 1 fully saturated rings. The molecular weight excluding hydrogens is 352 g/mol. The Morgan fingerprint density at radius 1 is 1.00 bits per heavy atom. The number of amides is 3. The smallest absolute Gasteiger partial charge is 0.270 e. The second kappa shape index (κ2) is 8.07. The second-order valence-corrected chi connectivity index (χ2v) is 6.24. The van der Waals surface area contributed by atoms with E-state index in [2.05, 4.69) is 10.5 Å². The number of hydrazone groups is 1. The molecule has 0 atom stereocenters. The first-order valence-electron chi connectivity index (χ1n) is 8.69. The van der Waals surface area contributed by atoms with Gasteiger partial charge in [0.05, 0.1) is 19.8 Å². The molecule has 0 spiro atoms. The maximum atomic E-state index is 12.8. The van der Waals surface area contributed by atoms with E-state index in [9.17, 15) is 14.4 Å². The fraction of sp³-hybridized carbons (Fsp3) is 0.444. The molecule has 27 heavy (non-hydrogen) atoms. The summed E-state index contributed by atoms with van der Waals surface area (Å²) in [6.07, 6.45) is 0.604. The molecule has 1 saturated heterocycles. The van der Waals surface area contributed by atoms with Crippen molar-refractivity contribution in [3.05, 3.63) is 23.8 Å². The van der Waals surface area contributed by atoms with E-state index in [1.165, 1.54) is 7.11 Å². The average molecular weight is 374 g/mol. The number of carbonyl (C=O) groups excluding carboxylic acids is 3. The SMILES string of the molecule is COc1ccc(C(=O)N2CCN(C(=O)C3=NNC(=O)CC3)CC2)c(OC)c1. The predicted molar refractivity (Wildman–Crippen MR) is 96.8 cm³/mol. The molecule has 0 aromatic heterocycles. The van der Waals surface area contributed by atoms with Gasteiger partial charge in [-0.1, -0.05) is 0 Å². The van der Waals surface area contributed by atoms with Gasteiger partial charge in [0.25, 0.3) is 11.8 Å². The van der Waals surface area contributed by atoms with Gasteiger partial charge in [0.1, 0.15) is 17.2 Å². The Hall–Kier alpha value is -3.10. The molecule has 3 rings (SSSR count). The Morgan fingerprint density at radius 3 is 2.22 bits per heavy atom. The van der Waals surface area contributed by atoms with Crippen molar-refractivity contribution in [3.8, 4) is 11.5 Å². The van der Waals surface area contributed by atoms with Gasteiger partial charge in [-0.05, 0) is 12.1 Å². The Balaban J connectivity index is 1.63. The quantitative estimate of drug-likeness (QED) is 0.815. The van der Waals surface area contributed by atoms with Crippen molar-refractivity contribution in [2.75, 3.05) is 40.4 Å². The zero-order valence-electron chi connectivity index (χ0n) is 15.4. The number of rotatable bonds is 4. The van der Waals surface area contributed by atoms with Crippen molar-refractivity contribution in [2.24, 2.45) is 5.10 Å². The lowest BCUT2D eigenvalue weighted by atomic mass is 10.1. The van der Waals surface area contributed by atoms with E-state index in [0.717, 1.165) is 0 Å². The number of methoxy groups -OCH3 is 2. The highest BCUT2D eigenvalue weighted by Crippen LogP contribution is 2.26. The van der Waals surface area contributed by atoms with Crippen molar-refractivity contribution >= 4 is 23.4 Å². The molecule has 2 aliphatic rings. The minimum absolute atomic E-state index is 0.149. The van der Waals surface area contributed by atoms with Crippen molar-refractivity contribution in [1.82, 2.24) is 15.2 Å². The maximum Gasteiger partial charge on any atom is 0.270 e. The van der Waals surface area contributed by atoms with E-state index in [4.69, 9.17) is 9.47 Å². The third-order valence-corrected chi connectivity index (χ3v) is 4.64. The summed E-state index contributed by atoms with van der Waals surface area (Å²) in [6.45, 7) is 1.66. The van der Waals surface area contributed by atoms with Crippen LogP contribution in [-0.4, -0.2) is 73.6 Å². The number of hydrogen-bond donors (Lipinski definition) is 1. The van der Waals surface area contributed by atoms with Gasteiger partial charge in [-0.2, -0.15) is 5.10 Å². The molecule has 144 valence electrons. The van der Waals surface area contributed by atoms with E-state index >= 15 is 0 Å². The van der Waals surface area contributed by atoms with Crippen LogP contribution >= 0.6 is 0 Å². The summed E-state index contributed by atoms with van der Waals surface area (Å²) in [7, 11) is 3.06. The third kappa shape index (κ3) is 4.02. The van der Waals surface area contributed by atoms with Gasteiger partial charge in [-0.25, -0.2) is 5.43 Å². The summed E-state index contributed by atoms with van der Waals surface area (Å²) in [5.41, 5.74) is 3.14. The number of piperazine rings is 1. The molecule has 1 N–H and O–H groups in total. The standard InChI is InChI=1S/C18H22N4O5/c1-26-12-3-4-13(15(11-12)27-2)17(24)21-7-9-22(10-8-21)18(25)14-5-6-16(23)20-19-14/h3-4,11H,5-10H2,1-2H3,(H,20,23). The average Bonchev–Trinajstić information content (AvgIpc) is 2.73. The molecule has 9 nitrogen and oxygen atoms in total. The van der Waals surface area contributed by atoms with Crippen molar-refractivity contribution < 1.29 is 23.9 Å². The number of hydrogen-bond acceptors (Lipinski definition) is 6. The minimum Gasteiger partial charge on any atom is -0.497 e. The van der Waals surface area contributed by atoms with Gasteiger partial charge in [0.2, 0.25) is 5.91 Å². The fourth-order valence-corrected chi connectivity index (χ4v) is 3.07. The molecule has 0 saturated carbocycles. The maximum absolute atomic E-state index is 12.8. The van der Waals surface area contributed by atoms with Gasteiger partial charge in [-0.3, -0.25) is 14.4 Å². The first kappa shape index (κ1) is 18.7. The van der Waals surface area contributed by atoms with Crippen LogP contribution in [0.2, 0.25) is 0 Å². The van der Waals surface area contributed by atoms with Crippen LogP contribution in [0.5, 0.6) is 11.5 Å². The van der Waals surface area contributed by atoms with Crippen LogP contribution in [0.3, 0.4) is 0 Å².